The number of pyridine rings is 1. The first-order chi connectivity index (χ1) is 8.09. The van der Waals surface area contributed by atoms with E-state index in [1.165, 1.54) is 12.8 Å². The van der Waals surface area contributed by atoms with E-state index in [0.29, 0.717) is 18.1 Å². The van der Waals surface area contributed by atoms with Gasteiger partial charge in [-0.05, 0) is 37.2 Å². The van der Waals surface area contributed by atoms with Gasteiger partial charge in [0.05, 0.1) is 5.69 Å². The second kappa shape index (κ2) is 5.05. The van der Waals surface area contributed by atoms with Crippen LogP contribution in [0.3, 0.4) is 0 Å². The van der Waals surface area contributed by atoms with Crippen LogP contribution in [-0.4, -0.2) is 11.1 Å². The molecule has 0 amide bonds. The standard InChI is InChI=1S/C14H22N2O/c1-14(2)8-6-12(7-9-14)17-13-5-3-4-11(10-15)16-13/h3-5,12H,6-10,15H2,1-2H3. The van der Waals surface area contributed by atoms with Crippen LogP contribution >= 0.6 is 0 Å². The van der Waals surface area contributed by atoms with E-state index < -0.39 is 0 Å². The molecule has 1 aromatic heterocycles. The quantitative estimate of drug-likeness (QED) is 0.874. The molecule has 1 aliphatic rings. The number of nitrogens with two attached hydrogens (primary N) is 1. The van der Waals surface area contributed by atoms with E-state index >= 15 is 0 Å². The molecule has 1 saturated carbocycles. The van der Waals surface area contributed by atoms with Gasteiger partial charge >= 0.3 is 0 Å². The highest BCUT2D eigenvalue weighted by Crippen LogP contribution is 2.36. The van der Waals surface area contributed by atoms with Crippen LogP contribution in [0.25, 0.3) is 0 Å². The molecule has 1 heterocycles. The van der Waals surface area contributed by atoms with Crippen molar-refractivity contribution in [3.05, 3.63) is 23.9 Å². The molecule has 0 bridgehead atoms. The SMILES string of the molecule is CC1(C)CCC(Oc2cccc(CN)n2)CC1. The summed E-state index contributed by atoms with van der Waals surface area (Å²) in [5.74, 6) is 0.720. The van der Waals surface area contributed by atoms with Crippen LogP contribution < -0.4 is 10.5 Å². The highest BCUT2D eigenvalue weighted by Gasteiger charge is 2.27. The molecule has 0 radical (unpaired) electrons. The fourth-order valence-corrected chi connectivity index (χ4v) is 2.30. The van der Waals surface area contributed by atoms with E-state index in [0.717, 1.165) is 24.4 Å². The lowest BCUT2D eigenvalue weighted by Gasteiger charge is -2.34. The molecule has 0 aliphatic heterocycles. The van der Waals surface area contributed by atoms with Gasteiger partial charge in [-0.15, -0.1) is 0 Å². The zero-order valence-corrected chi connectivity index (χ0v) is 10.8. The minimum atomic E-state index is 0.323. The first-order valence-electron chi connectivity index (χ1n) is 6.42. The van der Waals surface area contributed by atoms with Crippen molar-refractivity contribution < 1.29 is 4.74 Å². The molecule has 3 heteroatoms. The minimum Gasteiger partial charge on any atom is -0.474 e. The summed E-state index contributed by atoms with van der Waals surface area (Å²) in [4.78, 5) is 4.37. The summed E-state index contributed by atoms with van der Waals surface area (Å²) in [6.07, 6.45) is 5.04. The van der Waals surface area contributed by atoms with Gasteiger partial charge in [0.15, 0.2) is 0 Å². The van der Waals surface area contributed by atoms with Gasteiger partial charge in [0.25, 0.3) is 0 Å². The monoisotopic (exact) mass is 234 g/mol. The third kappa shape index (κ3) is 3.43. The minimum absolute atomic E-state index is 0.323. The summed E-state index contributed by atoms with van der Waals surface area (Å²) in [6.45, 7) is 5.13. The molecule has 3 nitrogen and oxygen atoms in total. The maximum Gasteiger partial charge on any atom is 0.213 e. The van der Waals surface area contributed by atoms with Gasteiger partial charge in [0, 0.05) is 12.6 Å². The number of aromatic nitrogens is 1. The van der Waals surface area contributed by atoms with Crippen LogP contribution in [0, 0.1) is 5.41 Å². The van der Waals surface area contributed by atoms with Crippen molar-refractivity contribution >= 4 is 0 Å². The third-order valence-electron chi connectivity index (χ3n) is 3.56. The smallest absolute Gasteiger partial charge is 0.213 e. The van der Waals surface area contributed by atoms with Gasteiger partial charge < -0.3 is 10.5 Å². The van der Waals surface area contributed by atoms with E-state index in [4.69, 9.17) is 10.5 Å². The molecule has 94 valence electrons. The van der Waals surface area contributed by atoms with Crippen molar-refractivity contribution in [2.75, 3.05) is 0 Å². The Morgan fingerprint density at radius 1 is 1.35 bits per heavy atom. The molecule has 0 spiro atoms. The number of hydrogen-bond acceptors (Lipinski definition) is 3. The highest BCUT2D eigenvalue weighted by molar-refractivity contribution is 5.16. The number of nitrogens with zero attached hydrogens (tertiary/aromatic N) is 1. The molecular weight excluding hydrogens is 212 g/mol. The lowest BCUT2D eigenvalue weighted by atomic mass is 9.76. The summed E-state index contributed by atoms with van der Waals surface area (Å²) in [5.41, 5.74) is 6.94. The molecule has 0 atom stereocenters. The summed E-state index contributed by atoms with van der Waals surface area (Å²) in [5, 5.41) is 0. The van der Waals surface area contributed by atoms with Gasteiger partial charge in [0.2, 0.25) is 5.88 Å². The summed E-state index contributed by atoms with van der Waals surface area (Å²) >= 11 is 0. The van der Waals surface area contributed by atoms with Crippen molar-refractivity contribution in [3.63, 3.8) is 0 Å². The van der Waals surface area contributed by atoms with Crippen molar-refractivity contribution in [2.24, 2.45) is 11.1 Å². The van der Waals surface area contributed by atoms with Crippen molar-refractivity contribution in [3.8, 4) is 5.88 Å². The Morgan fingerprint density at radius 2 is 2.06 bits per heavy atom. The first kappa shape index (κ1) is 12.4. The largest absolute Gasteiger partial charge is 0.474 e. The second-order valence-electron chi connectivity index (χ2n) is 5.65. The van der Waals surface area contributed by atoms with Gasteiger partial charge in [-0.3, -0.25) is 0 Å². The molecule has 0 unspecified atom stereocenters. The maximum atomic E-state index is 5.92. The summed E-state index contributed by atoms with van der Waals surface area (Å²) < 4.78 is 5.92. The van der Waals surface area contributed by atoms with E-state index in [2.05, 4.69) is 18.8 Å². The Hall–Kier alpha value is -1.09. The average Bonchev–Trinajstić information content (AvgIpc) is 2.32. The number of hydrogen-bond donors (Lipinski definition) is 1. The predicted molar refractivity (Wildman–Crippen MR) is 68.8 cm³/mol. The van der Waals surface area contributed by atoms with Crippen LogP contribution in [0.15, 0.2) is 18.2 Å². The molecule has 1 aliphatic carbocycles. The molecule has 2 N–H and O–H groups in total. The summed E-state index contributed by atoms with van der Waals surface area (Å²) in [6, 6.07) is 5.80. The zero-order chi connectivity index (χ0) is 12.3. The van der Waals surface area contributed by atoms with Crippen LogP contribution in [0.4, 0.5) is 0 Å². The Labute approximate surface area is 103 Å². The second-order valence-corrected chi connectivity index (χ2v) is 5.65. The molecule has 0 saturated heterocycles. The topological polar surface area (TPSA) is 48.1 Å². The van der Waals surface area contributed by atoms with E-state index in [9.17, 15) is 0 Å². The Morgan fingerprint density at radius 3 is 2.71 bits per heavy atom. The van der Waals surface area contributed by atoms with Gasteiger partial charge in [-0.1, -0.05) is 19.9 Å². The molecule has 2 rings (SSSR count). The van der Waals surface area contributed by atoms with Crippen LogP contribution in [0.1, 0.15) is 45.2 Å². The Kier molecular flexibility index (Phi) is 3.67. The lowest BCUT2D eigenvalue weighted by Crippen LogP contribution is -2.28. The Bertz CT molecular complexity index is 366. The molecule has 1 aromatic rings. The van der Waals surface area contributed by atoms with Crippen molar-refractivity contribution in [2.45, 2.75) is 52.2 Å². The Balaban J connectivity index is 1.93. The average molecular weight is 234 g/mol. The zero-order valence-electron chi connectivity index (χ0n) is 10.8. The highest BCUT2D eigenvalue weighted by atomic mass is 16.5. The van der Waals surface area contributed by atoms with Crippen LogP contribution in [0.5, 0.6) is 5.88 Å². The molecule has 0 aromatic carbocycles. The van der Waals surface area contributed by atoms with Gasteiger partial charge in [-0.2, -0.15) is 0 Å². The number of ether oxygens (including phenoxy) is 1. The normalized spacial score (nSPS) is 20.2. The van der Waals surface area contributed by atoms with Gasteiger partial charge in [0.1, 0.15) is 6.10 Å². The third-order valence-corrected chi connectivity index (χ3v) is 3.56. The van der Waals surface area contributed by atoms with Crippen LogP contribution in [0.2, 0.25) is 0 Å². The maximum absolute atomic E-state index is 5.92. The fourth-order valence-electron chi connectivity index (χ4n) is 2.30. The predicted octanol–water partition coefficient (Wildman–Crippen LogP) is 2.89. The molecule has 1 fully saturated rings. The molecule has 17 heavy (non-hydrogen) atoms. The first-order valence-corrected chi connectivity index (χ1v) is 6.42. The van der Waals surface area contributed by atoms with Crippen molar-refractivity contribution in [1.29, 1.82) is 0 Å². The summed E-state index contributed by atoms with van der Waals surface area (Å²) in [7, 11) is 0. The molecular formula is C14H22N2O. The van der Waals surface area contributed by atoms with Crippen LogP contribution in [-0.2, 0) is 6.54 Å². The van der Waals surface area contributed by atoms with E-state index in [1.807, 2.05) is 18.2 Å². The van der Waals surface area contributed by atoms with Crippen molar-refractivity contribution in [1.82, 2.24) is 4.98 Å². The fraction of sp³-hybridized carbons (Fsp3) is 0.643. The lowest BCUT2D eigenvalue weighted by molar-refractivity contribution is 0.0947. The van der Waals surface area contributed by atoms with E-state index in [1.54, 1.807) is 0 Å². The van der Waals surface area contributed by atoms with Gasteiger partial charge in [-0.25, -0.2) is 4.98 Å². The van der Waals surface area contributed by atoms with E-state index in [-0.39, 0.29) is 0 Å². The number of rotatable bonds is 3.